The molecule has 0 aliphatic carbocycles. The molecule has 1 aliphatic heterocycles. The van der Waals surface area contributed by atoms with Gasteiger partial charge in [0.25, 0.3) is 0 Å². The van der Waals surface area contributed by atoms with Crippen LogP contribution in [0.2, 0.25) is 0 Å². The van der Waals surface area contributed by atoms with E-state index in [1.54, 1.807) is 0 Å². The maximum absolute atomic E-state index is 12.1. The predicted molar refractivity (Wildman–Crippen MR) is 39.7 cm³/mol. The number of carbonyl (C=O) groups is 1. The van der Waals surface area contributed by atoms with E-state index in [4.69, 9.17) is 5.73 Å². The van der Waals surface area contributed by atoms with E-state index in [2.05, 4.69) is 0 Å². The highest BCUT2D eigenvalue weighted by atomic mass is 19.3. The minimum atomic E-state index is -2.32. The van der Waals surface area contributed by atoms with E-state index in [0.29, 0.717) is 13.0 Å². The zero-order valence-electron chi connectivity index (χ0n) is 6.67. The molecular formula is C7H12F2N2O. The van der Waals surface area contributed by atoms with Crippen LogP contribution in [-0.2, 0) is 4.79 Å². The van der Waals surface area contributed by atoms with Gasteiger partial charge < -0.3 is 10.6 Å². The van der Waals surface area contributed by atoms with E-state index in [9.17, 15) is 13.6 Å². The average molecular weight is 178 g/mol. The Morgan fingerprint density at radius 1 is 1.67 bits per heavy atom. The zero-order valence-corrected chi connectivity index (χ0v) is 6.67. The topological polar surface area (TPSA) is 46.3 Å². The Balaban J connectivity index is 2.40. The third kappa shape index (κ3) is 1.91. The summed E-state index contributed by atoms with van der Waals surface area (Å²) >= 11 is 0. The smallest absolute Gasteiger partial charge is 0.243 e. The second kappa shape index (κ2) is 3.80. The lowest BCUT2D eigenvalue weighted by atomic mass is 10.1. The summed E-state index contributed by atoms with van der Waals surface area (Å²) in [5, 5.41) is 0. The van der Waals surface area contributed by atoms with Crippen molar-refractivity contribution in [1.82, 2.24) is 4.90 Å². The molecule has 0 bridgehead atoms. The second-order valence-electron chi connectivity index (χ2n) is 2.93. The molecule has 0 spiro atoms. The number of hydrogen-bond donors (Lipinski definition) is 1. The van der Waals surface area contributed by atoms with E-state index in [0.717, 1.165) is 0 Å². The summed E-state index contributed by atoms with van der Waals surface area (Å²) in [7, 11) is 0. The number of alkyl halides is 2. The lowest BCUT2D eigenvalue weighted by Crippen LogP contribution is -2.34. The van der Waals surface area contributed by atoms with Gasteiger partial charge in [-0.05, 0) is 6.42 Å². The highest BCUT2D eigenvalue weighted by Crippen LogP contribution is 2.22. The van der Waals surface area contributed by atoms with Crippen molar-refractivity contribution in [2.45, 2.75) is 12.8 Å². The molecule has 1 atom stereocenters. The Kier molecular flexibility index (Phi) is 2.97. The van der Waals surface area contributed by atoms with Crippen molar-refractivity contribution in [3.05, 3.63) is 0 Å². The quantitative estimate of drug-likeness (QED) is 0.649. The number of rotatable bonds is 2. The lowest BCUT2D eigenvalue weighted by molar-refractivity contribution is -0.128. The summed E-state index contributed by atoms with van der Waals surface area (Å²) in [5.74, 6) is -0.890. The van der Waals surface area contributed by atoms with Crippen LogP contribution in [0.1, 0.15) is 6.42 Å². The first kappa shape index (κ1) is 9.38. The van der Waals surface area contributed by atoms with Gasteiger partial charge in [0.15, 0.2) is 0 Å². The maximum Gasteiger partial charge on any atom is 0.243 e. The first-order valence-corrected chi connectivity index (χ1v) is 3.91. The first-order valence-electron chi connectivity index (χ1n) is 3.91. The Hall–Kier alpha value is -0.710. The number of amides is 1. The molecule has 3 nitrogen and oxygen atoms in total. The fraction of sp³-hybridized carbons (Fsp3) is 0.857. The van der Waals surface area contributed by atoms with E-state index in [-0.39, 0.29) is 19.0 Å². The van der Waals surface area contributed by atoms with Crippen molar-refractivity contribution in [3.63, 3.8) is 0 Å². The van der Waals surface area contributed by atoms with Crippen LogP contribution in [0.5, 0.6) is 0 Å². The van der Waals surface area contributed by atoms with Crippen molar-refractivity contribution >= 4 is 5.91 Å². The van der Waals surface area contributed by atoms with Crippen molar-refractivity contribution in [2.75, 3.05) is 19.6 Å². The van der Waals surface area contributed by atoms with Crippen LogP contribution in [0.15, 0.2) is 0 Å². The number of hydrogen-bond acceptors (Lipinski definition) is 2. The Morgan fingerprint density at radius 3 is 2.75 bits per heavy atom. The van der Waals surface area contributed by atoms with E-state index >= 15 is 0 Å². The molecule has 0 saturated carbocycles. The molecule has 1 heterocycles. The molecule has 0 aromatic carbocycles. The number of carbonyl (C=O) groups excluding carboxylic acids is 1. The molecular weight excluding hydrogens is 166 g/mol. The van der Waals surface area contributed by atoms with Gasteiger partial charge >= 0.3 is 0 Å². The number of nitrogens with two attached hydrogens (primary N) is 1. The van der Waals surface area contributed by atoms with E-state index < -0.39 is 12.3 Å². The van der Waals surface area contributed by atoms with Crippen molar-refractivity contribution in [3.8, 4) is 0 Å². The van der Waals surface area contributed by atoms with Gasteiger partial charge in [-0.25, -0.2) is 8.78 Å². The van der Waals surface area contributed by atoms with Gasteiger partial charge in [-0.2, -0.15) is 0 Å². The number of likely N-dealkylation sites (tertiary alicyclic amines) is 1. The van der Waals surface area contributed by atoms with Gasteiger partial charge in [0.2, 0.25) is 12.3 Å². The van der Waals surface area contributed by atoms with Gasteiger partial charge in [-0.3, -0.25) is 4.79 Å². The third-order valence-corrected chi connectivity index (χ3v) is 2.11. The molecule has 5 heteroatoms. The fourth-order valence-electron chi connectivity index (χ4n) is 1.35. The standard InChI is InChI=1S/C7H12F2N2O/c8-7(9)5-1-2-11(4-5)6(12)3-10/h5,7H,1-4,10H2. The van der Waals surface area contributed by atoms with E-state index in [1.165, 1.54) is 4.90 Å². The molecule has 1 aliphatic rings. The molecule has 0 aromatic heterocycles. The molecule has 1 unspecified atom stereocenters. The molecule has 1 fully saturated rings. The Bertz CT molecular complexity index is 175. The van der Waals surface area contributed by atoms with E-state index in [1.807, 2.05) is 0 Å². The van der Waals surface area contributed by atoms with Gasteiger partial charge in [-0.15, -0.1) is 0 Å². The normalized spacial score (nSPS) is 23.7. The highest BCUT2D eigenvalue weighted by molar-refractivity contribution is 5.78. The van der Waals surface area contributed by atoms with Crippen molar-refractivity contribution in [2.24, 2.45) is 11.7 Å². The predicted octanol–water partition coefficient (Wildman–Crippen LogP) is 0.0587. The lowest BCUT2D eigenvalue weighted by Gasteiger charge is -2.14. The van der Waals surface area contributed by atoms with Crippen LogP contribution in [0.3, 0.4) is 0 Å². The zero-order chi connectivity index (χ0) is 9.14. The van der Waals surface area contributed by atoms with Crippen LogP contribution in [0.4, 0.5) is 8.78 Å². The summed E-state index contributed by atoms with van der Waals surface area (Å²) in [6.07, 6.45) is -1.93. The SMILES string of the molecule is NCC(=O)N1CCC(C(F)F)C1. The van der Waals surface area contributed by atoms with Gasteiger partial charge in [0.05, 0.1) is 6.54 Å². The maximum atomic E-state index is 12.1. The van der Waals surface area contributed by atoms with Gasteiger partial charge in [0, 0.05) is 19.0 Å². The van der Waals surface area contributed by atoms with Crippen LogP contribution in [0, 0.1) is 5.92 Å². The Morgan fingerprint density at radius 2 is 2.33 bits per heavy atom. The minimum absolute atomic E-state index is 0.0873. The molecule has 0 radical (unpaired) electrons. The number of nitrogens with zero attached hydrogens (tertiary/aromatic N) is 1. The molecule has 1 rings (SSSR count). The average Bonchev–Trinajstić information content (AvgIpc) is 2.51. The first-order chi connectivity index (χ1) is 5.65. The highest BCUT2D eigenvalue weighted by Gasteiger charge is 2.31. The third-order valence-electron chi connectivity index (χ3n) is 2.11. The van der Waals surface area contributed by atoms with Crippen molar-refractivity contribution < 1.29 is 13.6 Å². The van der Waals surface area contributed by atoms with Gasteiger partial charge in [-0.1, -0.05) is 0 Å². The fourth-order valence-corrected chi connectivity index (χ4v) is 1.35. The molecule has 1 saturated heterocycles. The van der Waals surface area contributed by atoms with Gasteiger partial charge in [0.1, 0.15) is 0 Å². The van der Waals surface area contributed by atoms with Crippen molar-refractivity contribution in [1.29, 1.82) is 0 Å². The summed E-state index contributed by atoms with van der Waals surface area (Å²) in [5.41, 5.74) is 5.09. The molecule has 1 amide bonds. The molecule has 2 N–H and O–H groups in total. The summed E-state index contributed by atoms with van der Waals surface area (Å²) < 4.78 is 24.2. The molecule has 0 aromatic rings. The monoisotopic (exact) mass is 178 g/mol. The van der Waals surface area contributed by atoms with Crippen LogP contribution >= 0.6 is 0 Å². The Labute approximate surface area is 69.5 Å². The number of halogens is 2. The van der Waals surface area contributed by atoms with Crippen LogP contribution in [-0.4, -0.2) is 36.9 Å². The molecule has 70 valence electrons. The summed E-state index contributed by atoms with van der Waals surface area (Å²) in [4.78, 5) is 12.3. The summed E-state index contributed by atoms with van der Waals surface area (Å²) in [6.45, 7) is 0.495. The second-order valence-corrected chi connectivity index (χ2v) is 2.93. The summed E-state index contributed by atoms with van der Waals surface area (Å²) in [6, 6.07) is 0. The molecule has 12 heavy (non-hydrogen) atoms. The van der Waals surface area contributed by atoms with Crippen LogP contribution in [0.25, 0.3) is 0 Å². The minimum Gasteiger partial charge on any atom is -0.341 e. The largest absolute Gasteiger partial charge is 0.341 e. The van der Waals surface area contributed by atoms with Crippen LogP contribution < -0.4 is 5.73 Å².